The van der Waals surface area contributed by atoms with Crippen LogP contribution in [0.1, 0.15) is 33.1 Å². The number of nitrogens with one attached hydrogen (secondary N) is 1. The Morgan fingerprint density at radius 2 is 1.81 bits per heavy atom. The lowest BCUT2D eigenvalue weighted by atomic mass is 9.83. The van der Waals surface area contributed by atoms with Gasteiger partial charge in [0.2, 0.25) is 0 Å². The minimum Gasteiger partial charge on any atom is -0.344 e. The summed E-state index contributed by atoms with van der Waals surface area (Å²) < 4.78 is 0. The van der Waals surface area contributed by atoms with Gasteiger partial charge in [-0.1, -0.05) is 0 Å². The Morgan fingerprint density at radius 3 is 2.44 bits per heavy atom. The predicted molar refractivity (Wildman–Crippen MR) is 67.5 cm³/mol. The van der Waals surface area contributed by atoms with Crippen molar-refractivity contribution in [2.45, 2.75) is 38.6 Å². The fourth-order valence-corrected chi connectivity index (χ4v) is 3.28. The molecule has 0 spiro atoms. The second-order valence-electron chi connectivity index (χ2n) is 6.06. The zero-order chi connectivity index (χ0) is 11.4. The van der Waals surface area contributed by atoms with Crippen LogP contribution in [-0.2, 0) is 0 Å². The summed E-state index contributed by atoms with van der Waals surface area (Å²) in [6, 6.07) is 0. The Balaban J connectivity index is 1.84. The molecule has 0 bridgehead atoms. The maximum atomic E-state index is 3.46. The number of quaternary nitrogens is 1. The van der Waals surface area contributed by atoms with Crippen LogP contribution in [0, 0.1) is 5.92 Å². The molecular formula is C13H28N3+. The molecule has 0 aromatic rings. The maximum absolute atomic E-state index is 3.46. The summed E-state index contributed by atoms with van der Waals surface area (Å²) in [5.74, 6) is 0.946. The average molecular weight is 226 g/mol. The molecule has 2 fully saturated rings. The lowest BCUT2D eigenvalue weighted by Gasteiger charge is -2.42. The number of piperazine rings is 1. The molecule has 2 aliphatic heterocycles. The van der Waals surface area contributed by atoms with Gasteiger partial charge in [-0.2, -0.15) is 0 Å². The summed E-state index contributed by atoms with van der Waals surface area (Å²) in [7, 11) is 0. The molecular weight excluding hydrogens is 198 g/mol. The van der Waals surface area contributed by atoms with E-state index in [0.29, 0.717) is 5.54 Å². The van der Waals surface area contributed by atoms with Crippen molar-refractivity contribution in [3.8, 4) is 0 Å². The topological polar surface area (TPSA) is 31.9 Å². The third-order valence-electron chi connectivity index (χ3n) is 4.31. The van der Waals surface area contributed by atoms with E-state index in [4.69, 9.17) is 0 Å². The molecule has 3 nitrogen and oxygen atoms in total. The van der Waals surface area contributed by atoms with Gasteiger partial charge in [0, 0.05) is 18.6 Å². The van der Waals surface area contributed by atoms with E-state index in [9.17, 15) is 0 Å². The third kappa shape index (κ3) is 3.19. The van der Waals surface area contributed by atoms with Crippen molar-refractivity contribution in [1.82, 2.24) is 10.2 Å². The average Bonchev–Trinajstić information content (AvgIpc) is 2.31. The zero-order valence-electron chi connectivity index (χ0n) is 11.0. The fourth-order valence-electron chi connectivity index (χ4n) is 3.28. The number of hydrogen-bond donors (Lipinski definition) is 2. The second-order valence-corrected chi connectivity index (χ2v) is 6.06. The highest BCUT2D eigenvalue weighted by atomic mass is 15.2. The highest BCUT2D eigenvalue weighted by Gasteiger charge is 2.31. The second kappa shape index (κ2) is 5.48. The fraction of sp³-hybridized carbons (Fsp3) is 1.00. The Labute approximate surface area is 100.0 Å². The predicted octanol–water partition coefficient (Wildman–Crippen LogP) is 0.0337. The van der Waals surface area contributed by atoms with E-state index in [1.165, 1.54) is 58.5 Å². The minimum atomic E-state index is 0.413. The van der Waals surface area contributed by atoms with Crippen LogP contribution in [0.5, 0.6) is 0 Å². The highest BCUT2D eigenvalue weighted by molar-refractivity contribution is 4.86. The van der Waals surface area contributed by atoms with E-state index < -0.39 is 0 Å². The molecule has 16 heavy (non-hydrogen) atoms. The van der Waals surface area contributed by atoms with Crippen molar-refractivity contribution in [3.05, 3.63) is 0 Å². The summed E-state index contributed by atoms with van der Waals surface area (Å²) in [6.45, 7) is 12.5. The van der Waals surface area contributed by atoms with E-state index in [1.807, 2.05) is 0 Å². The molecule has 0 amide bonds. The van der Waals surface area contributed by atoms with Gasteiger partial charge < -0.3 is 10.6 Å². The summed E-state index contributed by atoms with van der Waals surface area (Å²) in [4.78, 5) is 2.70. The normalized spacial score (nSPS) is 25.9. The van der Waals surface area contributed by atoms with Crippen LogP contribution < -0.4 is 10.6 Å². The van der Waals surface area contributed by atoms with Gasteiger partial charge in [-0.05, 0) is 52.1 Å². The summed E-state index contributed by atoms with van der Waals surface area (Å²) in [5, 5.41) is 5.90. The standard InChI is InChI=1S/C13H27N3/c1-13(2,16-9-7-15-8-10-16)11-12-3-5-14-6-4-12/h12,14-15H,3-11H2,1-2H3/p+1. The van der Waals surface area contributed by atoms with Gasteiger partial charge in [-0.3, -0.25) is 4.90 Å². The zero-order valence-corrected chi connectivity index (χ0v) is 11.0. The van der Waals surface area contributed by atoms with Crippen LogP contribution >= 0.6 is 0 Å². The van der Waals surface area contributed by atoms with Crippen molar-refractivity contribution in [2.24, 2.45) is 5.92 Å². The van der Waals surface area contributed by atoms with Crippen LogP contribution in [0.15, 0.2) is 0 Å². The van der Waals surface area contributed by atoms with Gasteiger partial charge in [0.15, 0.2) is 0 Å². The van der Waals surface area contributed by atoms with E-state index in [0.717, 1.165) is 5.92 Å². The van der Waals surface area contributed by atoms with Gasteiger partial charge in [-0.15, -0.1) is 0 Å². The Kier molecular flexibility index (Phi) is 4.22. The largest absolute Gasteiger partial charge is 0.344 e. The van der Waals surface area contributed by atoms with E-state index >= 15 is 0 Å². The maximum Gasteiger partial charge on any atom is 0.0885 e. The number of piperidine rings is 1. The smallest absolute Gasteiger partial charge is 0.0885 e. The molecule has 0 aromatic heterocycles. The first-order valence-electron chi connectivity index (χ1n) is 6.96. The molecule has 94 valence electrons. The summed E-state index contributed by atoms with van der Waals surface area (Å²) >= 11 is 0. The molecule has 3 heteroatoms. The molecule has 0 unspecified atom stereocenters. The van der Waals surface area contributed by atoms with Crippen LogP contribution in [0.4, 0.5) is 0 Å². The first-order chi connectivity index (χ1) is 7.68. The van der Waals surface area contributed by atoms with E-state index in [-0.39, 0.29) is 0 Å². The number of rotatable bonds is 3. The summed E-state index contributed by atoms with van der Waals surface area (Å²) in [6.07, 6.45) is 4.14. The lowest BCUT2D eigenvalue weighted by molar-refractivity contribution is -0.664. The number of nitrogens with two attached hydrogens (primary N) is 1. The molecule has 2 rings (SSSR count). The van der Waals surface area contributed by atoms with Crippen molar-refractivity contribution in [2.75, 3.05) is 39.3 Å². The molecule has 2 saturated heterocycles. The van der Waals surface area contributed by atoms with Gasteiger partial charge in [0.05, 0.1) is 13.1 Å². The molecule has 0 saturated carbocycles. The summed E-state index contributed by atoms with van der Waals surface area (Å²) in [5.41, 5.74) is 0.413. The first kappa shape index (κ1) is 12.3. The molecule has 2 aliphatic rings. The van der Waals surface area contributed by atoms with Gasteiger partial charge in [0.25, 0.3) is 0 Å². The van der Waals surface area contributed by atoms with Crippen LogP contribution in [0.2, 0.25) is 0 Å². The van der Waals surface area contributed by atoms with E-state index in [2.05, 4.69) is 29.4 Å². The van der Waals surface area contributed by atoms with Crippen LogP contribution in [0.25, 0.3) is 0 Å². The van der Waals surface area contributed by atoms with Crippen molar-refractivity contribution < 1.29 is 5.32 Å². The third-order valence-corrected chi connectivity index (χ3v) is 4.31. The van der Waals surface area contributed by atoms with Crippen molar-refractivity contribution in [3.63, 3.8) is 0 Å². The number of hydrogen-bond acceptors (Lipinski definition) is 2. The van der Waals surface area contributed by atoms with Crippen LogP contribution in [-0.4, -0.2) is 49.7 Å². The monoisotopic (exact) mass is 226 g/mol. The quantitative estimate of drug-likeness (QED) is 0.712. The molecule has 3 N–H and O–H groups in total. The molecule has 0 aromatic carbocycles. The molecule has 0 radical (unpaired) electrons. The first-order valence-corrected chi connectivity index (χ1v) is 6.96. The lowest BCUT2D eigenvalue weighted by Crippen LogP contribution is -2.90. The highest BCUT2D eigenvalue weighted by Crippen LogP contribution is 2.28. The van der Waals surface area contributed by atoms with Gasteiger partial charge in [0.1, 0.15) is 0 Å². The Hall–Kier alpha value is -0.120. The van der Waals surface area contributed by atoms with Crippen molar-refractivity contribution >= 4 is 0 Å². The SMILES string of the molecule is CC(C)(CC1CCNCC1)N1CC[NH2+]CC1. The van der Waals surface area contributed by atoms with Crippen LogP contribution in [0.3, 0.4) is 0 Å². The Bertz CT molecular complexity index is 203. The Morgan fingerprint density at radius 1 is 1.19 bits per heavy atom. The van der Waals surface area contributed by atoms with Gasteiger partial charge in [-0.25, -0.2) is 0 Å². The van der Waals surface area contributed by atoms with E-state index in [1.54, 1.807) is 0 Å². The molecule has 0 aliphatic carbocycles. The number of nitrogens with zero attached hydrogens (tertiary/aromatic N) is 1. The van der Waals surface area contributed by atoms with Gasteiger partial charge >= 0.3 is 0 Å². The molecule has 2 heterocycles. The minimum absolute atomic E-state index is 0.413. The molecule has 0 atom stereocenters. The van der Waals surface area contributed by atoms with Crippen molar-refractivity contribution in [1.29, 1.82) is 0 Å².